The van der Waals surface area contributed by atoms with E-state index in [9.17, 15) is 13.6 Å². The molecule has 2 radical (unpaired) electrons. The van der Waals surface area contributed by atoms with Gasteiger partial charge in [0.05, 0.1) is 13.4 Å². The van der Waals surface area contributed by atoms with Crippen LogP contribution in [0.4, 0.5) is 8.78 Å². The number of rotatable bonds is 2. The van der Waals surface area contributed by atoms with Crippen molar-refractivity contribution < 1.29 is 18.7 Å². The predicted molar refractivity (Wildman–Crippen MR) is 54.3 cm³/mol. The highest BCUT2D eigenvalue weighted by molar-refractivity contribution is 6.24. The molecule has 80 valence electrons. The first-order valence-electron chi connectivity index (χ1n) is 4.48. The van der Waals surface area contributed by atoms with Gasteiger partial charge in [-0.1, -0.05) is 13.8 Å². The third-order valence-corrected chi connectivity index (χ3v) is 1.55. The molecule has 2 nitrogen and oxygen atoms in total. The van der Waals surface area contributed by atoms with E-state index in [-0.39, 0.29) is 11.9 Å². The SMILES string of the molecule is CC.[B]CC(=O)c1ccc(F)c(F)c1O. The van der Waals surface area contributed by atoms with Crippen LogP contribution < -0.4 is 0 Å². The maximum atomic E-state index is 12.7. The second kappa shape index (κ2) is 6.16. The average molecular weight is 212 g/mol. The van der Waals surface area contributed by atoms with Crippen LogP contribution >= 0.6 is 0 Å². The summed E-state index contributed by atoms with van der Waals surface area (Å²) in [5.41, 5.74) is -0.304. The van der Waals surface area contributed by atoms with Gasteiger partial charge in [-0.05, 0) is 18.5 Å². The minimum Gasteiger partial charge on any atom is -0.504 e. The number of carbonyl (C=O) groups is 1. The van der Waals surface area contributed by atoms with Gasteiger partial charge in [0.1, 0.15) is 0 Å². The molecule has 0 spiro atoms. The fourth-order valence-electron chi connectivity index (χ4n) is 0.875. The molecule has 0 saturated carbocycles. The van der Waals surface area contributed by atoms with Crippen molar-refractivity contribution in [3.8, 4) is 5.75 Å². The summed E-state index contributed by atoms with van der Waals surface area (Å²) in [7, 11) is 4.98. The van der Waals surface area contributed by atoms with E-state index < -0.39 is 23.2 Å². The lowest BCUT2D eigenvalue weighted by Crippen LogP contribution is -2.00. The van der Waals surface area contributed by atoms with Crippen molar-refractivity contribution >= 4 is 13.6 Å². The Labute approximate surface area is 88.3 Å². The first-order valence-corrected chi connectivity index (χ1v) is 4.48. The lowest BCUT2D eigenvalue weighted by atomic mass is 9.95. The summed E-state index contributed by atoms with van der Waals surface area (Å²) >= 11 is 0. The fraction of sp³-hybridized carbons (Fsp3) is 0.300. The van der Waals surface area contributed by atoms with Crippen LogP contribution in [0.2, 0.25) is 6.32 Å². The van der Waals surface area contributed by atoms with E-state index in [1.807, 2.05) is 13.8 Å². The van der Waals surface area contributed by atoms with Crippen LogP contribution in [0.3, 0.4) is 0 Å². The van der Waals surface area contributed by atoms with Crippen molar-refractivity contribution in [2.45, 2.75) is 20.2 Å². The van der Waals surface area contributed by atoms with E-state index in [0.29, 0.717) is 0 Å². The lowest BCUT2D eigenvalue weighted by molar-refractivity contribution is 0.101. The molecule has 0 amide bonds. The van der Waals surface area contributed by atoms with Crippen molar-refractivity contribution in [3.05, 3.63) is 29.3 Å². The van der Waals surface area contributed by atoms with Crippen LogP contribution in [0.5, 0.6) is 5.75 Å². The van der Waals surface area contributed by atoms with E-state index in [1.165, 1.54) is 0 Å². The van der Waals surface area contributed by atoms with Gasteiger partial charge in [0, 0.05) is 0 Å². The molecule has 0 unspecified atom stereocenters. The highest BCUT2D eigenvalue weighted by atomic mass is 19.2. The van der Waals surface area contributed by atoms with Crippen LogP contribution in [-0.2, 0) is 0 Å². The predicted octanol–water partition coefficient (Wildman–Crippen LogP) is 2.47. The number of carbonyl (C=O) groups excluding carboxylic acids is 1. The minimum atomic E-state index is -1.43. The van der Waals surface area contributed by atoms with Gasteiger partial charge in [0.2, 0.25) is 5.82 Å². The van der Waals surface area contributed by atoms with Crippen LogP contribution in [0.1, 0.15) is 24.2 Å². The van der Waals surface area contributed by atoms with E-state index in [2.05, 4.69) is 0 Å². The van der Waals surface area contributed by atoms with Gasteiger partial charge in [-0.25, -0.2) is 4.39 Å². The molecule has 0 saturated heterocycles. The molecule has 0 bridgehead atoms. The smallest absolute Gasteiger partial charge is 0.201 e. The first-order chi connectivity index (χ1) is 7.07. The van der Waals surface area contributed by atoms with E-state index in [1.54, 1.807) is 0 Å². The normalized spacial score (nSPS) is 9.07. The van der Waals surface area contributed by atoms with Crippen molar-refractivity contribution in [2.24, 2.45) is 0 Å². The Balaban J connectivity index is 0.000000921. The average Bonchev–Trinajstić information content (AvgIpc) is 2.28. The number of benzene rings is 1. The summed E-state index contributed by atoms with van der Waals surface area (Å²) in [6, 6.07) is 1.75. The zero-order valence-corrected chi connectivity index (χ0v) is 8.55. The number of hydrogen-bond acceptors (Lipinski definition) is 2. The van der Waals surface area contributed by atoms with E-state index in [0.717, 1.165) is 12.1 Å². The third kappa shape index (κ3) is 3.04. The number of ketones is 1. The van der Waals surface area contributed by atoms with Gasteiger partial charge in [0.25, 0.3) is 0 Å². The Morgan fingerprint density at radius 2 is 1.93 bits per heavy atom. The molecular formula is C10H11BF2O2. The Kier molecular flexibility index (Phi) is 5.60. The molecule has 0 aliphatic heterocycles. The molecule has 0 aliphatic rings. The summed E-state index contributed by atoms with van der Waals surface area (Å²) in [5, 5.41) is 8.99. The highest BCUT2D eigenvalue weighted by Crippen LogP contribution is 2.24. The molecular weight excluding hydrogens is 201 g/mol. The van der Waals surface area contributed by atoms with Gasteiger partial charge in [0.15, 0.2) is 17.3 Å². The Bertz CT molecular complexity index is 354. The molecule has 5 heteroatoms. The zero-order chi connectivity index (χ0) is 12.0. The monoisotopic (exact) mass is 212 g/mol. The Morgan fingerprint density at radius 1 is 1.40 bits per heavy atom. The molecule has 1 aromatic carbocycles. The number of hydrogen-bond donors (Lipinski definition) is 1. The van der Waals surface area contributed by atoms with Crippen molar-refractivity contribution in [2.75, 3.05) is 0 Å². The Hall–Kier alpha value is -1.39. The molecule has 1 aromatic rings. The van der Waals surface area contributed by atoms with E-state index >= 15 is 0 Å². The van der Waals surface area contributed by atoms with Gasteiger partial charge < -0.3 is 5.11 Å². The maximum absolute atomic E-state index is 12.7. The number of Topliss-reactive ketones (excluding diaryl/α,β-unsaturated/α-hetero) is 1. The summed E-state index contributed by atoms with van der Waals surface area (Å²) in [6.07, 6.45) is -0.362. The highest BCUT2D eigenvalue weighted by Gasteiger charge is 2.15. The number of phenols is 1. The third-order valence-electron chi connectivity index (χ3n) is 1.55. The van der Waals surface area contributed by atoms with Crippen LogP contribution in [-0.4, -0.2) is 18.7 Å². The number of aromatic hydroxyl groups is 1. The Morgan fingerprint density at radius 3 is 2.40 bits per heavy atom. The first kappa shape index (κ1) is 13.6. The van der Waals surface area contributed by atoms with Crippen molar-refractivity contribution in [1.82, 2.24) is 0 Å². The largest absolute Gasteiger partial charge is 0.504 e. The standard InChI is InChI=1S/C8H5BF2O2.C2H6/c9-3-6(12)4-1-2-5(10)7(11)8(4)13;1-2/h1-2,13H,3H2;1-2H3. The summed E-state index contributed by atoms with van der Waals surface area (Å²) in [4.78, 5) is 10.9. The molecule has 1 rings (SSSR count). The second-order valence-corrected chi connectivity index (χ2v) is 2.38. The van der Waals surface area contributed by atoms with Gasteiger partial charge in [-0.3, -0.25) is 4.79 Å². The second-order valence-electron chi connectivity index (χ2n) is 2.38. The molecule has 0 atom stereocenters. The van der Waals surface area contributed by atoms with Gasteiger partial charge in [-0.15, -0.1) is 0 Å². The minimum absolute atomic E-state index is 0.304. The fourth-order valence-corrected chi connectivity index (χ4v) is 0.875. The number of phenolic OH excluding ortho intramolecular Hbond substituents is 1. The topological polar surface area (TPSA) is 37.3 Å². The molecule has 0 heterocycles. The summed E-state index contributed by atoms with van der Waals surface area (Å²) in [6.45, 7) is 4.00. The quantitative estimate of drug-likeness (QED) is 0.603. The van der Waals surface area contributed by atoms with Gasteiger partial charge in [-0.2, -0.15) is 4.39 Å². The maximum Gasteiger partial charge on any atom is 0.201 e. The van der Waals surface area contributed by atoms with Gasteiger partial charge >= 0.3 is 0 Å². The summed E-state index contributed by atoms with van der Waals surface area (Å²) < 4.78 is 25.1. The van der Waals surface area contributed by atoms with E-state index in [4.69, 9.17) is 13.0 Å². The molecule has 15 heavy (non-hydrogen) atoms. The number of halogens is 2. The molecule has 0 aliphatic carbocycles. The van der Waals surface area contributed by atoms with Crippen LogP contribution in [0.25, 0.3) is 0 Å². The molecule has 1 N–H and O–H groups in total. The van der Waals surface area contributed by atoms with Crippen molar-refractivity contribution in [3.63, 3.8) is 0 Å². The van der Waals surface area contributed by atoms with Crippen LogP contribution in [0, 0.1) is 11.6 Å². The van der Waals surface area contributed by atoms with Crippen LogP contribution in [0.15, 0.2) is 12.1 Å². The van der Waals surface area contributed by atoms with Crippen molar-refractivity contribution in [1.29, 1.82) is 0 Å². The lowest BCUT2D eigenvalue weighted by Gasteiger charge is -2.02. The molecule has 0 aromatic heterocycles. The molecule has 0 fully saturated rings. The summed E-state index contributed by atoms with van der Waals surface area (Å²) in [5.74, 6) is -4.27. The zero-order valence-electron chi connectivity index (χ0n) is 8.55.